The highest BCUT2D eigenvalue weighted by atomic mass is 32.2. The summed E-state index contributed by atoms with van der Waals surface area (Å²) in [6.45, 7) is 5.95. The van der Waals surface area contributed by atoms with Gasteiger partial charge in [-0.05, 0) is 49.8 Å². The maximum Gasteiger partial charge on any atom is 0.247 e. The van der Waals surface area contributed by atoms with Crippen LogP contribution in [0.2, 0.25) is 0 Å². The molecule has 22 heavy (non-hydrogen) atoms. The van der Waals surface area contributed by atoms with E-state index in [0.717, 1.165) is 16.8 Å². The van der Waals surface area contributed by atoms with Crippen LogP contribution in [0.4, 0.5) is 11.6 Å². The molecule has 1 heterocycles. The first-order chi connectivity index (χ1) is 10.5. The number of hydrogen-bond donors (Lipinski definition) is 2. The fraction of sp³-hybridized carbons (Fsp3) is 0.400. The van der Waals surface area contributed by atoms with Gasteiger partial charge in [-0.25, -0.2) is 0 Å². The summed E-state index contributed by atoms with van der Waals surface area (Å²) in [5.41, 5.74) is 8.88. The van der Waals surface area contributed by atoms with Crippen LogP contribution >= 0.6 is 11.8 Å². The third kappa shape index (κ3) is 3.41. The Morgan fingerprint density at radius 3 is 2.50 bits per heavy atom. The molecule has 6 nitrogen and oxygen atoms in total. The monoisotopic (exact) mass is 319 g/mol. The minimum atomic E-state index is -0.432. The second-order valence-corrected chi connectivity index (χ2v) is 5.98. The lowest BCUT2D eigenvalue weighted by atomic mass is 10.1. The van der Waals surface area contributed by atoms with E-state index in [-0.39, 0.29) is 11.9 Å². The number of thioether (sulfide) groups is 1. The van der Waals surface area contributed by atoms with E-state index in [0.29, 0.717) is 11.6 Å². The van der Waals surface area contributed by atoms with Crippen molar-refractivity contribution in [1.29, 1.82) is 0 Å². The smallest absolute Gasteiger partial charge is 0.247 e. The Hall–Kier alpha value is -2.02. The highest BCUT2D eigenvalue weighted by Crippen LogP contribution is 2.25. The highest BCUT2D eigenvalue weighted by Gasteiger charge is 2.24. The predicted octanol–water partition coefficient (Wildman–Crippen LogP) is 2.79. The molecular weight excluding hydrogens is 298 g/mol. The Kier molecular flexibility index (Phi) is 5.07. The first kappa shape index (κ1) is 16.4. The zero-order chi connectivity index (χ0) is 16.3. The second kappa shape index (κ2) is 6.83. The number of rotatable bonds is 5. The number of aromatic nitrogens is 3. The van der Waals surface area contributed by atoms with Crippen LogP contribution in [0.1, 0.15) is 30.5 Å². The molecule has 0 aliphatic rings. The SMILES string of the molecule is CCC(C(=O)Nc1cc(C)cc(C)c1)n1c(N)nnc1SC. The third-order valence-electron chi connectivity index (χ3n) is 3.36. The van der Waals surface area contributed by atoms with Gasteiger partial charge < -0.3 is 11.1 Å². The van der Waals surface area contributed by atoms with Gasteiger partial charge in [0.05, 0.1) is 0 Å². The molecule has 0 bridgehead atoms. The van der Waals surface area contributed by atoms with E-state index in [1.165, 1.54) is 11.8 Å². The quantitative estimate of drug-likeness (QED) is 0.828. The summed E-state index contributed by atoms with van der Waals surface area (Å²) in [5, 5.41) is 11.5. The summed E-state index contributed by atoms with van der Waals surface area (Å²) < 4.78 is 1.68. The van der Waals surface area contributed by atoms with Gasteiger partial charge in [-0.15, -0.1) is 10.2 Å². The van der Waals surface area contributed by atoms with Gasteiger partial charge in [0.2, 0.25) is 11.9 Å². The molecule has 7 heteroatoms. The summed E-state index contributed by atoms with van der Waals surface area (Å²) in [6.07, 6.45) is 2.49. The van der Waals surface area contributed by atoms with Crippen molar-refractivity contribution in [3.05, 3.63) is 29.3 Å². The van der Waals surface area contributed by atoms with Crippen LogP contribution in [-0.2, 0) is 4.79 Å². The lowest BCUT2D eigenvalue weighted by Gasteiger charge is -2.19. The largest absolute Gasteiger partial charge is 0.368 e. The molecule has 2 rings (SSSR count). The fourth-order valence-electron chi connectivity index (χ4n) is 2.48. The molecule has 1 atom stereocenters. The average molecular weight is 319 g/mol. The third-order valence-corrected chi connectivity index (χ3v) is 4.01. The number of nitrogens with two attached hydrogens (primary N) is 1. The van der Waals surface area contributed by atoms with Crippen molar-refractivity contribution in [1.82, 2.24) is 14.8 Å². The number of carbonyl (C=O) groups excluding carboxylic acids is 1. The van der Waals surface area contributed by atoms with Gasteiger partial charge in [0.25, 0.3) is 0 Å². The first-order valence-corrected chi connectivity index (χ1v) is 8.32. The minimum absolute atomic E-state index is 0.116. The Labute approximate surface area is 134 Å². The van der Waals surface area contributed by atoms with Crippen LogP contribution in [0.25, 0.3) is 0 Å². The van der Waals surface area contributed by atoms with Gasteiger partial charge >= 0.3 is 0 Å². The number of amides is 1. The fourth-order valence-corrected chi connectivity index (χ4v) is 3.02. The molecule has 1 aromatic heterocycles. The van der Waals surface area contributed by atoms with Crippen molar-refractivity contribution in [2.45, 2.75) is 38.4 Å². The average Bonchev–Trinajstić information content (AvgIpc) is 2.80. The molecule has 1 amide bonds. The molecule has 2 aromatic rings. The number of benzene rings is 1. The molecule has 0 aliphatic heterocycles. The summed E-state index contributed by atoms with van der Waals surface area (Å²) >= 11 is 1.42. The van der Waals surface area contributed by atoms with E-state index in [1.54, 1.807) is 4.57 Å². The lowest BCUT2D eigenvalue weighted by molar-refractivity contribution is -0.119. The Balaban J connectivity index is 2.27. The molecule has 0 aliphatic carbocycles. The van der Waals surface area contributed by atoms with Crippen LogP contribution in [0.3, 0.4) is 0 Å². The second-order valence-electron chi connectivity index (χ2n) is 5.20. The summed E-state index contributed by atoms with van der Waals surface area (Å²) in [6, 6.07) is 5.53. The molecule has 0 saturated carbocycles. The zero-order valence-electron chi connectivity index (χ0n) is 13.3. The van der Waals surface area contributed by atoms with Crippen molar-refractivity contribution in [3.8, 4) is 0 Å². The van der Waals surface area contributed by atoms with E-state index in [1.807, 2.05) is 39.2 Å². The molecule has 0 saturated heterocycles. The summed E-state index contributed by atoms with van der Waals surface area (Å²) in [5.74, 6) is 0.140. The number of hydrogen-bond acceptors (Lipinski definition) is 5. The number of anilines is 2. The van der Waals surface area contributed by atoms with Gasteiger partial charge in [-0.1, -0.05) is 24.8 Å². The number of nitrogens with zero attached hydrogens (tertiary/aromatic N) is 3. The van der Waals surface area contributed by atoms with Crippen molar-refractivity contribution in [3.63, 3.8) is 0 Å². The zero-order valence-corrected chi connectivity index (χ0v) is 14.1. The van der Waals surface area contributed by atoms with Crippen LogP contribution < -0.4 is 11.1 Å². The molecule has 3 N–H and O–H groups in total. The van der Waals surface area contributed by atoms with E-state index < -0.39 is 6.04 Å². The van der Waals surface area contributed by atoms with E-state index >= 15 is 0 Å². The molecule has 1 aromatic carbocycles. The minimum Gasteiger partial charge on any atom is -0.368 e. The molecule has 1 unspecified atom stereocenters. The van der Waals surface area contributed by atoms with Crippen LogP contribution in [0.5, 0.6) is 0 Å². The molecule has 0 radical (unpaired) electrons. The van der Waals surface area contributed by atoms with Crippen LogP contribution in [-0.4, -0.2) is 26.9 Å². The maximum absolute atomic E-state index is 12.6. The number of carbonyl (C=O) groups is 1. The number of nitrogens with one attached hydrogen (secondary N) is 1. The van der Waals surface area contributed by atoms with E-state index in [4.69, 9.17) is 5.73 Å². The molecule has 0 fully saturated rings. The van der Waals surface area contributed by atoms with E-state index in [2.05, 4.69) is 21.6 Å². The normalized spacial score (nSPS) is 12.2. The van der Waals surface area contributed by atoms with Gasteiger partial charge in [0, 0.05) is 5.69 Å². The van der Waals surface area contributed by atoms with Gasteiger partial charge in [0.1, 0.15) is 6.04 Å². The molecule has 118 valence electrons. The van der Waals surface area contributed by atoms with Crippen LogP contribution in [0, 0.1) is 13.8 Å². The summed E-state index contributed by atoms with van der Waals surface area (Å²) in [7, 11) is 0. The maximum atomic E-state index is 12.6. The Morgan fingerprint density at radius 2 is 1.95 bits per heavy atom. The van der Waals surface area contributed by atoms with E-state index in [9.17, 15) is 4.79 Å². The highest BCUT2D eigenvalue weighted by molar-refractivity contribution is 7.98. The van der Waals surface area contributed by atoms with Gasteiger partial charge in [-0.2, -0.15) is 0 Å². The van der Waals surface area contributed by atoms with Crippen molar-refractivity contribution >= 4 is 29.3 Å². The van der Waals surface area contributed by atoms with Gasteiger partial charge in [-0.3, -0.25) is 9.36 Å². The predicted molar refractivity (Wildman–Crippen MR) is 90.1 cm³/mol. The molecular formula is C15H21N5OS. The van der Waals surface area contributed by atoms with Crippen molar-refractivity contribution in [2.24, 2.45) is 0 Å². The Bertz CT molecular complexity index is 662. The van der Waals surface area contributed by atoms with Crippen molar-refractivity contribution < 1.29 is 4.79 Å². The summed E-state index contributed by atoms with van der Waals surface area (Å²) in [4.78, 5) is 12.6. The molecule has 0 spiro atoms. The topological polar surface area (TPSA) is 85.8 Å². The van der Waals surface area contributed by atoms with Crippen LogP contribution in [0.15, 0.2) is 23.4 Å². The Morgan fingerprint density at radius 1 is 1.32 bits per heavy atom. The van der Waals surface area contributed by atoms with Crippen molar-refractivity contribution in [2.75, 3.05) is 17.3 Å². The standard InChI is InChI=1S/C15H21N5OS/c1-5-12(20-14(16)18-19-15(20)22-4)13(21)17-11-7-9(2)6-10(3)8-11/h6-8,12H,5H2,1-4H3,(H2,16,18)(H,17,21). The van der Waals surface area contributed by atoms with Gasteiger partial charge in [0.15, 0.2) is 5.16 Å². The lowest BCUT2D eigenvalue weighted by Crippen LogP contribution is -2.27. The first-order valence-electron chi connectivity index (χ1n) is 7.09. The number of nitrogen functional groups attached to an aromatic ring is 1. The number of aryl methyl sites for hydroxylation is 2.